The molecule has 0 fully saturated rings. The standard InChI is InChI=1S/C14H7Br2OPS2/c15-11-6-9-13(19-11)14-10(7-12(16)20-14)18(9,17)8-4-2-1-3-5-8/h1-7H. The van der Waals surface area contributed by atoms with E-state index in [0.29, 0.717) is 0 Å². The van der Waals surface area contributed by atoms with E-state index in [1.54, 1.807) is 22.7 Å². The summed E-state index contributed by atoms with van der Waals surface area (Å²) >= 11 is 10.4. The predicted octanol–water partition coefficient (Wildman–Crippen LogP) is 4.95. The second-order valence-electron chi connectivity index (χ2n) is 4.47. The predicted molar refractivity (Wildman–Crippen MR) is 96.0 cm³/mol. The van der Waals surface area contributed by atoms with Gasteiger partial charge >= 0.3 is 0 Å². The van der Waals surface area contributed by atoms with Crippen LogP contribution in [0.3, 0.4) is 0 Å². The maximum Gasteiger partial charge on any atom is 0.174 e. The second kappa shape index (κ2) is 4.65. The molecule has 0 saturated carbocycles. The molecule has 1 aliphatic rings. The van der Waals surface area contributed by atoms with Gasteiger partial charge in [0, 0.05) is 15.9 Å². The Hall–Kier alpha value is -0.190. The van der Waals surface area contributed by atoms with Crippen LogP contribution in [0.4, 0.5) is 0 Å². The van der Waals surface area contributed by atoms with E-state index in [0.717, 1.165) is 33.2 Å². The van der Waals surface area contributed by atoms with E-state index in [1.807, 2.05) is 42.5 Å². The zero-order valence-electron chi connectivity index (χ0n) is 9.97. The minimum atomic E-state index is -2.70. The Bertz CT molecular complexity index is 816. The van der Waals surface area contributed by atoms with Crippen molar-refractivity contribution < 1.29 is 4.57 Å². The highest BCUT2D eigenvalue weighted by molar-refractivity contribution is 9.11. The van der Waals surface area contributed by atoms with E-state index in [-0.39, 0.29) is 0 Å². The summed E-state index contributed by atoms with van der Waals surface area (Å²) in [6, 6.07) is 13.8. The Labute approximate surface area is 141 Å². The largest absolute Gasteiger partial charge is 0.309 e. The highest BCUT2D eigenvalue weighted by Crippen LogP contribution is 2.57. The van der Waals surface area contributed by atoms with E-state index in [4.69, 9.17) is 0 Å². The molecular formula is C14H7Br2OPS2. The minimum Gasteiger partial charge on any atom is -0.309 e. The fourth-order valence-corrected chi connectivity index (χ4v) is 10.2. The third-order valence-corrected chi connectivity index (χ3v) is 10.2. The van der Waals surface area contributed by atoms with E-state index in [2.05, 4.69) is 31.9 Å². The van der Waals surface area contributed by atoms with Gasteiger partial charge in [-0.25, -0.2) is 0 Å². The summed E-state index contributed by atoms with van der Waals surface area (Å²) in [7, 11) is -2.70. The molecule has 0 amide bonds. The number of thiophene rings is 2. The van der Waals surface area contributed by atoms with Gasteiger partial charge in [0.25, 0.3) is 0 Å². The van der Waals surface area contributed by atoms with E-state index < -0.39 is 7.14 Å². The number of rotatable bonds is 1. The number of halogens is 2. The first-order valence-corrected chi connectivity index (χ1v) is 10.8. The van der Waals surface area contributed by atoms with Crippen LogP contribution in [0.15, 0.2) is 50.0 Å². The topological polar surface area (TPSA) is 17.1 Å². The van der Waals surface area contributed by atoms with E-state index >= 15 is 0 Å². The molecule has 0 N–H and O–H groups in total. The molecule has 0 aliphatic carbocycles. The molecule has 3 heterocycles. The highest BCUT2D eigenvalue weighted by Gasteiger charge is 2.43. The molecule has 0 radical (unpaired) electrons. The summed E-state index contributed by atoms with van der Waals surface area (Å²) in [6.07, 6.45) is 0. The third-order valence-electron chi connectivity index (χ3n) is 3.37. The molecule has 0 bridgehead atoms. The molecular weight excluding hydrogens is 439 g/mol. The first kappa shape index (κ1) is 13.5. The van der Waals surface area contributed by atoms with Crippen molar-refractivity contribution in [1.29, 1.82) is 0 Å². The van der Waals surface area contributed by atoms with Crippen molar-refractivity contribution in [3.8, 4) is 9.75 Å². The monoisotopic (exact) mass is 444 g/mol. The molecule has 20 heavy (non-hydrogen) atoms. The number of fused-ring (bicyclic) bond motifs is 3. The van der Waals surface area contributed by atoms with Gasteiger partial charge < -0.3 is 4.57 Å². The van der Waals surface area contributed by atoms with Crippen LogP contribution in [0, 0.1) is 0 Å². The molecule has 0 spiro atoms. The zero-order valence-corrected chi connectivity index (χ0v) is 15.7. The Balaban J connectivity index is 2.11. The van der Waals surface area contributed by atoms with Crippen LogP contribution in [0.1, 0.15) is 0 Å². The average Bonchev–Trinajstić information content (AvgIpc) is 3.06. The lowest BCUT2D eigenvalue weighted by atomic mass is 10.4. The van der Waals surface area contributed by atoms with Gasteiger partial charge in [-0.1, -0.05) is 30.3 Å². The van der Waals surface area contributed by atoms with Gasteiger partial charge in [0.1, 0.15) is 0 Å². The number of benzene rings is 1. The summed E-state index contributed by atoms with van der Waals surface area (Å²) in [5.74, 6) is 0. The molecule has 2 aromatic heterocycles. The number of hydrogen-bond donors (Lipinski definition) is 0. The molecule has 100 valence electrons. The molecule has 0 unspecified atom stereocenters. The van der Waals surface area contributed by atoms with Crippen molar-refractivity contribution >= 4 is 77.6 Å². The molecule has 4 rings (SSSR count). The number of hydrogen-bond acceptors (Lipinski definition) is 3. The lowest BCUT2D eigenvalue weighted by molar-refractivity contribution is 0.593. The van der Waals surface area contributed by atoms with Gasteiger partial charge in [0.15, 0.2) is 7.14 Å². The highest BCUT2D eigenvalue weighted by atomic mass is 79.9. The Morgan fingerprint density at radius 1 is 0.850 bits per heavy atom. The van der Waals surface area contributed by atoms with Crippen LogP contribution in [-0.2, 0) is 4.57 Å². The lowest BCUT2D eigenvalue weighted by Gasteiger charge is -2.13. The molecule has 1 nitrogen and oxygen atoms in total. The molecule has 1 aromatic carbocycles. The third kappa shape index (κ3) is 1.74. The molecule has 0 saturated heterocycles. The van der Waals surface area contributed by atoms with Crippen LogP contribution >= 0.6 is 61.7 Å². The van der Waals surface area contributed by atoms with Crippen molar-refractivity contribution in [2.45, 2.75) is 0 Å². The van der Waals surface area contributed by atoms with Crippen LogP contribution in [0.2, 0.25) is 0 Å². The van der Waals surface area contributed by atoms with Gasteiger partial charge in [-0.2, -0.15) is 0 Å². The normalized spacial score (nSPS) is 15.1. The molecule has 3 aromatic rings. The minimum absolute atomic E-state index is 0.913. The van der Waals surface area contributed by atoms with Crippen LogP contribution in [-0.4, -0.2) is 0 Å². The first-order chi connectivity index (χ1) is 9.60. The van der Waals surface area contributed by atoms with Crippen LogP contribution in [0.25, 0.3) is 9.75 Å². The SMILES string of the molecule is O=P1(c2ccccc2)c2cc(Br)sc2-c2sc(Br)cc21. The van der Waals surface area contributed by atoms with Crippen molar-refractivity contribution in [3.05, 3.63) is 50.0 Å². The van der Waals surface area contributed by atoms with Crippen LogP contribution < -0.4 is 15.9 Å². The van der Waals surface area contributed by atoms with Gasteiger partial charge in [0.2, 0.25) is 0 Å². The fourth-order valence-electron chi connectivity index (χ4n) is 2.54. The van der Waals surface area contributed by atoms with E-state index in [1.165, 1.54) is 0 Å². The van der Waals surface area contributed by atoms with Crippen molar-refractivity contribution in [2.75, 3.05) is 0 Å². The van der Waals surface area contributed by atoms with Gasteiger partial charge in [-0.05, 0) is 44.0 Å². The maximum atomic E-state index is 13.9. The smallest absolute Gasteiger partial charge is 0.174 e. The first-order valence-electron chi connectivity index (χ1n) is 5.86. The average molecular weight is 446 g/mol. The lowest BCUT2D eigenvalue weighted by Crippen LogP contribution is -2.19. The summed E-state index contributed by atoms with van der Waals surface area (Å²) < 4.78 is 15.9. The fraction of sp³-hybridized carbons (Fsp3) is 0. The summed E-state index contributed by atoms with van der Waals surface area (Å²) in [5.41, 5.74) is 0. The Morgan fingerprint density at radius 3 is 1.85 bits per heavy atom. The zero-order chi connectivity index (χ0) is 13.9. The van der Waals surface area contributed by atoms with Gasteiger partial charge in [-0.3, -0.25) is 0 Å². The molecule has 0 atom stereocenters. The molecule has 1 aliphatic heterocycles. The summed E-state index contributed by atoms with van der Waals surface area (Å²) in [4.78, 5) is 2.30. The van der Waals surface area contributed by atoms with E-state index in [9.17, 15) is 4.57 Å². The Kier molecular flexibility index (Phi) is 3.13. The van der Waals surface area contributed by atoms with Crippen molar-refractivity contribution in [2.24, 2.45) is 0 Å². The van der Waals surface area contributed by atoms with Crippen molar-refractivity contribution in [3.63, 3.8) is 0 Å². The summed E-state index contributed by atoms with van der Waals surface area (Å²) in [6.45, 7) is 0. The Morgan fingerprint density at radius 2 is 1.35 bits per heavy atom. The second-order valence-corrected chi connectivity index (χ2v) is 12.0. The summed E-state index contributed by atoms with van der Waals surface area (Å²) in [5, 5.41) is 2.87. The van der Waals surface area contributed by atoms with Crippen molar-refractivity contribution in [1.82, 2.24) is 0 Å². The van der Waals surface area contributed by atoms with Crippen LogP contribution in [0.5, 0.6) is 0 Å². The molecule has 6 heteroatoms. The quantitative estimate of drug-likeness (QED) is 0.378. The van der Waals surface area contributed by atoms with Gasteiger partial charge in [-0.15, -0.1) is 22.7 Å². The van der Waals surface area contributed by atoms with Gasteiger partial charge in [0.05, 0.1) is 17.3 Å². The maximum absolute atomic E-state index is 13.9.